The zero-order valence-electron chi connectivity index (χ0n) is 19.0. The summed E-state index contributed by atoms with van der Waals surface area (Å²) in [5.41, 5.74) is 4.20. The number of ketones is 1. The van der Waals surface area contributed by atoms with Gasteiger partial charge in [0.1, 0.15) is 5.82 Å². The molecular weight excluding hydrogens is 430 g/mol. The molecule has 5 aromatic rings. The second kappa shape index (κ2) is 8.78. The first kappa shape index (κ1) is 21.3. The number of nitrogens with one attached hydrogen (secondary N) is 2. The number of ether oxygens (including phenoxy) is 3. The molecule has 7 nitrogen and oxygen atoms in total. The molecule has 0 amide bonds. The van der Waals surface area contributed by atoms with E-state index in [2.05, 4.69) is 9.97 Å². The Kier molecular flexibility index (Phi) is 5.51. The molecule has 7 heteroatoms. The summed E-state index contributed by atoms with van der Waals surface area (Å²) in [6.45, 7) is 0. The van der Waals surface area contributed by atoms with Gasteiger partial charge in [-0.05, 0) is 36.4 Å². The Bertz CT molecular complexity index is 1510. The molecule has 0 aliphatic carbocycles. The van der Waals surface area contributed by atoms with E-state index in [-0.39, 0.29) is 5.78 Å². The zero-order chi connectivity index (χ0) is 23.7. The molecule has 5 rings (SSSR count). The fourth-order valence-corrected chi connectivity index (χ4v) is 4.12. The van der Waals surface area contributed by atoms with E-state index in [0.717, 1.165) is 27.5 Å². The zero-order valence-corrected chi connectivity index (χ0v) is 19.0. The van der Waals surface area contributed by atoms with Crippen LogP contribution in [0.25, 0.3) is 33.6 Å². The number of benzene rings is 3. The summed E-state index contributed by atoms with van der Waals surface area (Å²) in [6, 6.07) is 19.0. The Labute approximate surface area is 196 Å². The third kappa shape index (κ3) is 3.57. The Hall–Kier alpha value is -4.52. The molecule has 0 atom stereocenters. The highest BCUT2D eigenvalue weighted by Gasteiger charge is 2.26. The minimum atomic E-state index is -0.262. The number of carbonyl (C=O) groups excluding carboxylic acids is 1. The summed E-state index contributed by atoms with van der Waals surface area (Å²) in [4.78, 5) is 25.3. The lowest BCUT2D eigenvalue weighted by molar-refractivity contribution is 0.105. The fourth-order valence-electron chi connectivity index (χ4n) is 4.12. The third-order valence-corrected chi connectivity index (χ3v) is 5.76. The van der Waals surface area contributed by atoms with Crippen LogP contribution in [0.4, 0.5) is 0 Å². The second-order valence-corrected chi connectivity index (χ2v) is 7.66. The molecule has 170 valence electrons. The molecule has 0 radical (unpaired) electrons. The minimum absolute atomic E-state index is 0.262. The van der Waals surface area contributed by atoms with Crippen LogP contribution in [0, 0.1) is 0 Å². The van der Waals surface area contributed by atoms with Crippen LogP contribution in [0.1, 0.15) is 21.7 Å². The number of fused-ring (bicyclic) bond motifs is 2. The molecule has 34 heavy (non-hydrogen) atoms. The van der Waals surface area contributed by atoms with Crippen molar-refractivity contribution in [3.8, 4) is 17.2 Å². The van der Waals surface area contributed by atoms with E-state index < -0.39 is 0 Å². The standard InChI is InChI=1S/C27H23N3O4/c1-32-23-13-12-18(25(33-2)26(23)34-3)24(31)19(27-29-21-10-6-7-11-22(21)30-27)14-16-15-28-20-9-5-4-8-17(16)20/h4-15,28H,1-3H3,(H,29,30). The van der Waals surface area contributed by atoms with Gasteiger partial charge in [-0.15, -0.1) is 0 Å². The van der Waals surface area contributed by atoms with Crippen LogP contribution >= 0.6 is 0 Å². The van der Waals surface area contributed by atoms with Gasteiger partial charge in [-0.1, -0.05) is 30.3 Å². The number of hydrogen-bond donors (Lipinski definition) is 2. The molecule has 2 N–H and O–H groups in total. The Morgan fingerprint density at radius 2 is 1.59 bits per heavy atom. The number of allylic oxidation sites excluding steroid dienone is 1. The quantitative estimate of drug-likeness (QED) is 0.251. The Morgan fingerprint density at radius 3 is 2.32 bits per heavy atom. The van der Waals surface area contributed by atoms with Crippen molar-refractivity contribution in [1.29, 1.82) is 0 Å². The monoisotopic (exact) mass is 453 g/mol. The van der Waals surface area contributed by atoms with E-state index >= 15 is 0 Å². The van der Waals surface area contributed by atoms with E-state index in [4.69, 9.17) is 19.2 Å². The fraction of sp³-hybridized carbons (Fsp3) is 0.111. The molecule has 0 unspecified atom stereocenters. The minimum Gasteiger partial charge on any atom is -0.493 e. The van der Waals surface area contributed by atoms with E-state index in [1.165, 1.54) is 21.3 Å². The van der Waals surface area contributed by atoms with Crippen molar-refractivity contribution < 1.29 is 19.0 Å². The number of rotatable bonds is 7. The van der Waals surface area contributed by atoms with Crippen LogP contribution in [0.5, 0.6) is 17.2 Å². The molecule has 0 saturated carbocycles. The number of para-hydroxylation sites is 3. The predicted octanol–water partition coefficient (Wildman–Crippen LogP) is 5.49. The van der Waals surface area contributed by atoms with E-state index in [9.17, 15) is 4.79 Å². The van der Waals surface area contributed by atoms with Gasteiger partial charge in [-0.2, -0.15) is 0 Å². The van der Waals surface area contributed by atoms with Gasteiger partial charge in [0.25, 0.3) is 0 Å². The second-order valence-electron chi connectivity index (χ2n) is 7.66. The Balaban J connectivity index is 1.73. The van der Waals surface area contributed by atoms with Gasteiger partial charge in [0.15, 0.2) is 11.5 Å². The first-order valence-corrected chi connectivity index (χ1v) is 10.7. The van der Waals surface area contributed by atoms with Gasteiger partial charge in [0.05, 0.1) is 43.5 Å². The maximum atomic E-state index is 14.0. The lowest BCUT2D eigenvalue weighted by Gasteiger charge is -2.15. The Morgan fingerprint density at radius 1 is 0.853 bits per heavy atom. The number of imidazole rings is 1. The number of aromatic nitrogens is 3. The molecule has 0 spiro atoms. The van der Waals surface area contributed by atoms with E-state index in [0.29, 0.717) is 34.2 Å². The third-order valence-electron chi connectivity index (χ3n) is 5.76. The SMILES string of the molecule is COc1ccc(C(=O)C(=Cc2c[nH]c3ccccc23)c2nc3ccccc3[nH]2)c(OC)c1OC. The van der Waals surface area contributed by atoms with Crippen molar-refractivity contribution in [3.05, 3.63) is 83.8 Å². The van der Waals surface area contributed by atoms with Crippen LogP contribution in [0.15, 0.2) is 66.9 Å². The highest BCUT2D eigenvalue weighted by molar-refractivity contribution is 6.33. The van der Waals surface area contributed by atoms with Gasteiger partial charge < -0.3 is 24.2 Å². The number of carbonyl (C=O) groups is 1. The lowest BCUT2D eigenvalue weighted by atomic mass is 9.98. The molecule has 0 aliphatic rings. The van der Waals surface area contributed by atoms with Gasteiger partial charge in [-0.3, -0.25) is 4.79 Å². The number of aromatic amines is 2. The molecule has 0 fully saturated rings. The van der Waals surface area contributed by atoms with Crippen LogP contribution in [-0.2, 0) is 0 Å². The number of methoxy groups -OCH3 is 3. The largest absolute Gasteiger partial charge is 0.493 e. The predicted molar refractivity (Wildman–Crippen MR) is 133 cm³/mol. The lowest BCUT2D eigenvalue weighted by Crippen LogP contribution is -2.08. The van der Waals surface area contributed by atoms with E-state index in [1.807, 2.05) is 60.8 Å². The van der Waals surface area contributed by atoms with Crippen LogP contribution in [0.3, 0.4) is 0 Å². The highest BCUT2D eigenvalue weighted by Crippen LogP contribution is 2.41. The number of nitrogens with zero attached hydrogens (tertiary/aromatic N) is 1. The molecule has 0 aliphatic heterocycles. The van der Waals surface area contributed by atoms with Gasteiger partial charge in [0, 0.05) is 22.7 Å². The molecule has 3 aromatic carbocycles. The molecule has 0 bridgehead atoms. The normalized spacial score (nSPS) is 11.7. The first-order chi connectivity index (χ1) is 16.6. The number of Topliss-reactive ketones (excluding diaryl/α,β-unsaturated/α-hetero) is 1. The molecule has 0 saturated heterocycles. The van der Waals surface area contributed by atoms with Gasteiger partial charge >= 0.3 is 0 Å². The first-order valence-electron chi connectivity index (χ1n) is 10.7. The van der Waals surface area contributed by atoms with Crippen LogP contribution < -0.4 is 14.2 Å². The van der Waals surface area contributed by atoms with Crippen molar-refractivity contribution in [3.63, 3.8) is 0 Å². The van der Waals surface area contributed by atoms with Gasteiger partial charge in [-0.25, -0.2) is 4.98 Å². The van der Waals surface area contributed by atoms with Crippen molar-refractivity contribution in [2.75, 3.05) is 21.3 Å². The average Bonchev–Trinajstić information content (AvgIpc) is 3.49. The summed E-state index contributed by atoms with van der Waals surface area (Å²) < 4.78 is 16.5. The summed E-state index contributed by atoms with van der Waals surface area (Å²) >= 11 is 0. The van der Waals surface area contributed by atoms with Crippen molar-refractivity contribution in [1.82, 2.24) is 15.0 Å². The topological polar surface area (TPSA) is 89.2 Å². The van der Waals surface area contributed by atoms with Gasteiger partial charge in [0.2, 0.25) is 11.5 Å². The van der Waals surface area contributed by atoms with Crippen molar-refractivity contribution >= 4 is 39.4 Å². The number of H-pyrrole nitrogens is 2. The summed E-state index contributed by atoms with van der Waals surface area (Å²) in [6.07, 6.45) is 3.72. The maximum Gasteiger partial charge on any atom is 0.204 e. The van der Waals surface area contributed by atoms with Crippen LogP contribution in [-0.4, -0.2) is 42.1 Å². The summed E-state index contributed by atoms with van der Waals surface area (Å²) in [5.74, 6) is 1.33. The molecule has 2 aromatic heterocycles. The maximum absolute atomic E-state index is 14.0. The van der Waals surface area contributed by atoms with E-state index in [1.54, 1.807) is 12.1 Å². The highest BCUT2D eigenvalue weighted by atomic mass is 16.5. The van der Waals surface area contributed by atoms with Crippen molar-refractivity contribution in [2.45, 2.75) is 0 Å². The number of hydrogen-bond acceptors (Lipinski definition) is 5. The summed E-state index contributed by atoms with van der Waals surface area (Å²) in [7, 11) is 4.55. The summed E-state index contributed by atoms with van der Waals surface area (Å²) in [5, 5.41) is 1.00. The molecular formula is C27H23N3O4. The van der Waals surface area contributed by atoms with Crippen LogP contribution in [0.2, 0.25) is 0 Å². The molecule has 2 heterocycles. The average molecular weight is 453 g/mol. The smallest absolute Gasteiger partial charge is 0.204 e. The van der Waals surface area contributed by atoms with Crippen molar-refractivity contribution in [2.24, 2.45) is 0 Å².